The maximum absolute atomic E-state index is 12.3. The van der Waals surface area contributed by atoms with Gasteiger partial charge in [-0.15, -0.1) is 11.3 Å². The first-order chi connectivity index (χ1) is 11.9. The molecule has 0 spiro atoms. The minimum absolute atomic E-state index is 0.219. The number of rotatable bonds is 4. The Morgan fingerprint density at radius 3 is 2.72 bits per heavy atom. The number of morpholine rings is 1. The Morgan fingerprint density at radius 2 is 2.04 bits per heavy atom. The summed E-state index contributed by atoms with van der Waals surface area (Å²) >= 11 is 13.2. The van der Waals surface area contributed by atoms with E-state index in [1.807, 2.05) is 5.38 Å². The summed E-state index contributed by atoms with van der Waals surface area (Å²) in [5.74, 6) is -0.256. The van der Waals surface area contributed by atoms with E-state index in [4.69, 9.17) is 27.9 Å². The normalized spacial score (nSPS) is 21.3. The van der Waals surface area contributed by atoms with Gasteiger partial charge < -0.3 is 4.74 Å². The van der Waals surface area contributed by atoms with Crippen LogP contribution < -0.4 is 5.32 Å². The molecule has 1 amide bonds. The van der Waals surface area contributed by atoms with Crippen LogP contribution >= 0.6 is 34.5 Å². The largest absolute Gasteiger partial charge is 0.373 e. The van der Waals surface area contributed by atoms with Gasteiger partial charge in [-0.05, 0) is 32.0 Å². The first-order valence-corrected chi connectivity index (χ1v) is 9.63. The molecular formula is C17H19Cl2N3O2S. The zero-order valence-electron chi connectivity index (χ0n) is 14.0. The van der Waals surface area contributed by atoms with Crippen LogP contribution in [-0.2, 0) is 11.3 Å². The Balaban J connectivity index is 1.61. The molecule has 1 aromatic carbocycles. The molecule has 1 saturated heterocycles. The van der Waals surface area contributed by atoms with Gasteiger partial charge in [0.1, 0.15) is 0 Å². The van der Waals surface area contributed by atoms with Crippen LogP contribution in [0.1, 0.15) is 29.9 Å². The van der Waals surface area contributed by atoms with Crippen molar-refractivity contribution in [3.63, 3.8) is 0 Å². The summed E-state index contributed by atoms with van der Waals surface area (Å²) < 4.78 is 5.74. The molecule has 1 aliphatic heterocycles. The summed E-state index contributed by atoms with van der Waals surface area (Å²) in [5, 5.41) is 6.11. The number of benzene rings is 1. The van der Waals surface area contributed by atoms with Crippen LogP contribution in [0.25, 0.3) is 0 Å². The molecule has 25 heavy (non-hydrogen) atoms. The number of amides is 1. The molecule has 1 aliphatic rings. The maximum atomic E-state index is 12.3. The van der Waals surface area contributed by atoms with Crippen LogP contribution in [0.4, 0.5) is 5.13 Å². The second kappa shape index (κ2) is 8.01. The fourth-order valence-corrected chi connectivity index (χ4v) is 3.88. The molecule has 2 heterocycles. The van der Waals surface area contributed by atoms with E-state index in [1.54, 1.807) is 18.2 Å². The van der Waals surface area contributed by atoms with Gasteiger partial charge in [0.2, 0.25) is 0 Å². The van der Waals surface area contributed by atoms with E-state index < -0.39 is 0 Å². The van der Waals surface area contributed by atoms with Crippen molar-refractivity contribution < 1.29 is 9.53 Å². The highest BCUT2D eigenvalue weighted by atomic mass is 35.5. The lowest BCUT2D eigenvalue weighted by Gasteiger charge is -2.34. The number of carbonyl (C=O) groups excluding carboxylic acids is 1. The Hall–Kier alpha value is -1.18. The molecule has 0 aliphatic carbocycles. The number of aromatic nitrogens is 1. The Labute approximate surface area is 160 Å². The van der Waals surface area contributed by atoms with E-state index in [0.717, 1.165) is 25.3 Å². The number of nitrogens with one attached hydrogen (secondary N) is 1. The van der Waals surface area contributed by atoms with Crippen LogP contribution in [0.3, 0.4) is 0 Å². The van der Waals surface area contributed by atoms with Gasteiger partial charge >= 0.3 is 0 Å². The number of ether oxygens (including phenoxy) is 1. The average Bonchev–Trinajstić information content (AvgIpc) is 2.95. The van der Waals surface area contributed by atoms with Crippen molar-refractivity contribution >= 4 is 45.6 Å². The van der Waals surface area contributed by atoms with Crippen molar-refractivity contribution in [1.82, 2.24) is 9.88 Å². The van der Waals surface area contributed by atoms with Gasteiger partial charge in [0.25, 0.3) is 5.91 Å². The van der Waals surface area contributed by atoms with Gasteiger partial charge in [0, 0.05) is 30.6 Å². The fourth-order valence-electron chi connectivity index (χ4n) is 2.89. The standard InChI is InChI=1S/C17H19Cl2N3O2S/c1-10-6-22(7-11(2)24-10)8-13-9-25-17(20-13)21-16(23)12-3-4-14(18)15(19)5-12/h3-5,9-11H,6-8H2,1-2H3,(H,20,21,23)/t10-,11+. The SMILES string of the molecule is C[C@@H]1CN(Cc2csc(NC(=O)c3ccc(Cl)c(Cl)c3)n2)C[C@H](C)O1. The lowest BCUT2D eigenvalue weighted by Crippen LogP contribution is -2.44. The third kappa shape index (κ3) is 4.92. The van der Waals surface area contributed by atoms with Gasteiger partial charge in [-0.25, -0.2) is 4.98 Å². The minimum Gasteiger partial charge on any atom is -0.373 e. The molecule has 134 valence electrons. The van der Waals surface area contributed by atoms with Gasteiger partial charge in [-0.2, -0.15) is 0 Å². The average molecular weight is 400 g/mol. The summed E-state index contributed by atoms with van der Waals surface area (Å²) in [6.45, 7) is 6.66. The Kier molecular flexibility index (Phi) is 5.96. The van der Waals surface area contributed by atoms with Crippen molar-refractivity contribution in [2.75, 3.05) is 18.4 Å². The van der Waals surface area contributed by atoms with Crippen molar-refractivity contribution in [3.8, 4) is 0 Å². The van der Waals surface area contributed by atoms with E-state index >= 15 is 0 Å². The predicted octanol–water partition coefficient (Wildman–Crippen LogP) is 4.31. The topological polar surface area (TPSA) is 54.5 Å². The second-order valence-electron chi connectivity index (χ2n) is 6.18. The molecule has 1 aromatic heterocycles. The first kappa shape index (κ1) is 18.6. The zero-order chi connectivity index (χ0) is 18.0. The number of halogens is 2. The third-order valence-electron chi connectivity index (χ3n) is 3.83. The summed E-state index contributed by atoms with van der Waals surface area (Å²) in [4.78, 5) is 19.1. The highest BCUT2D eigenvalue weighted by molar-refractivity contribution is 7.14. The highest BCUT2D eigenvalue weighted by Gasteiger charge is 2.22. The molecular weight excluding hydrogens is 381 g/mol. The van der Waals surface area contributed by atoms with Crippen LogP contribution in [-0.4, -0.2) is 41.1 Å². The Bertz CT molecular complexity index is 758. The van der Waals surface area contributed by atoms with Crippen molar-refractivity contribution in [3.05, 3.63) is 44.9 Å². The predicted molar refractivity (Wildman–Crippen MR) is 102 cm³/mol. The highest BCUT2D eigenvalue weighted by Crippen LogP contribution is 2.24. The van der Waals surface area contributed by atoms with Gasteiger partial charge in [-0.1, -0.05) is 23.2 Å². The number of hydrogen-bond donors (Lipinski definition) is 1. The van der Waals surface area contributed by atoms with Crippen LogP contribution in [0.15, 0.2) is 23.6 Å². The van der Waals surface area contributed by atoms with Crippen molar-refractivity contribution in [1.29, 1.82) is 0 Å². The van der Waals surface area contributed by atoms with Gasteiger partial charge in [0.05, 0.1) is 27.9 Å². The molecule has 3 rings (SSSR count). The van der Waals surface area contributed by atoms with Crippen LogP contribution in [0.2, 0.25) is 10.0 Å². The quantitative estimate of drug-likeness (QED) is 0.831. The second-order valence-corrected chi connectivity index (χ2v) is 7.85. The summed E-state index contributed by atoms with van der Waals surface area (Å²) in [6.07, 6.45) is 0.437. The number of carbonyl (C=O) groups is 1. The third-order valence-corrected chi connectivity index (χ3v) is 5.38. The Morgan fingerprint density at radius 1 is 1.32 bits per heavy atom. The van der Waals surface area contributed by atoms with E-state index in [1.165, 1.54) is 11.3 Å². The van der Waals surface area contributed by atoms with E-state index in [0.29, 0.717) is 20.7 Å². The number of anilines is 1. The van der Waals surface area contributed by atoms with Crippen molar-refractivity contribution in [2.45, 2.75) is 32.6 Å². The molecule has 2 aromatic rings. The molecule has 8 heteroatoms. The number of nitrogens with zero attached hydrogens (tertiary/aromatic N) is 2. The van der Waals surface area contributed by atoms with E-state index in [-0.39, 0.29) is 18.1 Å². The van der Waals surface area contributed by atoms with Gasteiger partial charge in [0.15, 0.2) is 5.13 Å². The van der Waals surface area contributed by atoms with Crippen LogP contribution in [0.5, 0.6) is 0 Å². The lowest BCUT2D eigenvalue weighted by atomic mass is 10.2. The molecule has 1 N–H and O–H groups in total. The monoisotopic (exact) mass is 399 g/mol. The molecule has 0 radical (unpaired) electrons. The zero-order valence-corrected chi connectivity index (χ0v) is 16.3. The first-order valence-electron chi connectivity index (χ1n) is 7.99. The fraction of sp³-hybridized carbons (Fsp3) is 0.412. The number of thiazole rings is 1. The molecule has 0 unspecified atom stereocenters. The smallest absolute Gasteiger partial charge is 0.257 e. The molecule has 5 nitrogen and oxygen atoms in total. The molecule has 2 atom stereocenters. The van der Waals surface area contributed by atoms with E-state index in [2.05, 4.69) is 29.0 Å². The van der Waals surface area contributed by atoms with Gasteiger partial charge in [-0.3, -0.25) is 15.0 Å². The molecule has 0 saturated carbocycles. The molecule has 1 fully saturated rings. The maximum Gasteiger partial charge on any atom is 0.257 e. The lowest BCUT2D eigenvalue weighted by molar-refractivity contribution is -0.0707. The van der Waals surface area contributed by atoms with Crippen LogP contribution in [0, 0.1) is 0 Å². The minimum atomic E-state index is -0.256. The summed E-state index contributed by atoms with van der Waals surface area (Å²) in [7, 11) is 0. The number of hydrogen-bond acceptors (Lipinski definition) is 5. The summed E-state index contributed by atoms with van der Waals surface area (Å²) in [6, 6.07) is 4.78. The van der Waals surface area contributed by atoms with E-state index in [9.17, 15) is 4.79 Å². The van der Waals surface area contributed by atoms with Crippen molar-refractivity contribution in [2.24, 2.45) is 0 Å². The molecule has 0 bridgehead atoms. The summed E-state index contributed by atoms with van der Waals surface area (Å²) in [5.41, 5.74) is 1.39.